The highest BCUT2D eigenvalue weighted by Crippen LogP contribution is 2.35. The molecule has 0 spiro atoms. The Morgan fingerprint density at radius 3 is 2.70 bits per heavy atom. The van der Waals surface area contributed by atoms with E-state index in [1.54, 1.807) is 18.2 Å². The fraction of sp³-hybridized carbons (Fsp3) is 0.500. The van der Waals surface area contributed by atoms with Crippen molar-refractivity contribution in [2.24, 2.45) is 0 Å². The molecule has 0 aliphatic carbocycles. The van der Waals surface area contributed by atoms with Crippen molar-refractivity contribution in [3.05, 3.63) is 22.7 Å². The average Bonchev–Trinajstić information content (AvgIpc) is 2.66. The van der Waals surface area contributed by atoms with E-state index in [1.165, 1.54) is 16.8 Å². The lowest BCUT2D eigenvalue weighted by molar-refractivity contribution is -0.164. The van der Waals surface area contributed by atoms with Crippen LogP contribution in [-0.4, -0.2) is 66.7 Å². The summed E-state index contributed by atoms with van der Waals surface area (Å²) in [5.74, 6) is -1.02. The van der Waals surface area contributed by atoms with Crippen LogP contribution in [0.4, 0.5) is 5.69 Å². The third-order valence-corrected chi connectivity index (χ3v) is 5.64. The van der Waals surface area contributed by atoms with Crippen molar-refractivity contribution >= 4 is 39.4 Å². The van der Waals surface area contributed by atoms with E-state index < -0.39 is 11.5 Å². The molecule has 9 heteroatoms. The number of likely N-dealkylation sites (N-methyl/N-ethyl adjacent to an activating group) is 1. The van der Waals surface area contributed by atoms with Crippen molar-refractivity contribution in [2.75, 3.05) is 38.3 Å². The Morgan fingerprint density at radius 1 is 1.33 bits per heavy atom. The van der Waals surface area contributed by atoms with E-state index in [4.69, 9.17) is 9.47 Å². The largest absolute Gasteiger partial charge is 0.482 e. The third-order valence-electron chi connectivity index (χ3n) is 5.15. The maximum Gasteiger partial charge on any atom is 0.329 e. The Kier molecular flexibility index (Phi) is 5.71. The second-order valence-corrected chi connectivity index (χ2v) is 7.51. The van der Waals surface area contributed by atoms with Gasteiger partial charge in [0.15, 0.2) is 6.61 Å². The molecule has 0 radical (unpaired) electrons. The Hall–Kier alpha value is -2.13. The van der Waals surface area contributed by atoms with Gasteiger partial charge >= 0.3 is 5.97 Å². The first-order chi connectivity index (χ1) is 12.8. The van der Waals surface area contributed by atoms with Crippen LogP contribution in [0.15, 0.2) is 22.7 Å². The molecule has 2 aliphatic heterocycles. The van der Waals surface area contributed by atoms with Gasteiger partial charge in [0.05, 0.1) is 5.69 Å². The van der Waals surface area contributed by atoms with E-state index in [2.05, 4.69) is 15.9 Å². The molecule has 2 heterocycles. The summed E-state index contributed by atoms with van der Waals surface area (Å²) < 4.78 is 11.5. The zero-order chi connectivity index (χ0) is 19.6. The van der Waals surface area contributed by atoms with E-state index in [1.807, 2.05) is 0 Å². The molecule has 1 aromatic rings. The number of carboxylic acid groups (broad SMARTS) is 1. The zero-order valence-electron chi connectivity index (χ0n) is 14.9. The maximum absolute atomic E-state index is 12.7. The van der Waals surface area contributed by atoms with Crippen LogP contribution < -0.4 is 9.64 Å². The van der Waals surface area contributed by atoms with Crippen LogP contribution in [0, 0.1) is 0 Å². The summed E-state index contributed by atoms with van der Waals surface area (Å²) in [5.41, 5.74) is -0.656. The van der Waals surface area contributed by atoms with Gasteiger partial charge in [-0.15, -0.1) is 0 Å². The van der Waals surface area contributed by atoms with Crippen LogP contribution in [0.3, 0.4) is 0 Å². The van der Waals surface area contributed by atoms with Crippen LogP contribution in [-0.2, 0) is 19.1 Å². The number of hydrogen-bond donors (Lipinski definition) is 1. The van der Waals surface area contributed by atoms with Gasteiger partial charge in [0, 0.05) is 50.5 Å². The first kappa shape index (κ1) is 19.6. The van der Waals surface area contributed by atoms with Crippen molar-refractivity contribution in [1.82, 2.24) is 4.90 Å². The van der Waals surface area contributed by atoms with Crippen LogP contribution in [0.1, 0.15) is 19.3 Å². The quantitative estimate of drug-likeness (QED) is 0.747. The minimum Gasteiger partial charge on any atom is -0.482 e. The SMILES string of the molecule is CN(C(=O)CCN1C(=O)COc2cc(Br)ccc21)C1(C(=O)O)CCOCC1. The number of carbonyl (C=O) groups is 3. The van der Waals surface area contributed by atoms with Crippen molar-refractivity contribution in [1.29, 1.82) is 0 Å². The average molecular weight is 441 g/mol. The Balaban J connectivity index is 1.72. The number of amides is 2. The molecule has 0 atom stereocenters. The molecule has 1 fully saturated rings. The summed E-state index contributed by atoms with van der Waals surface area (Å²) >= 11 is 3.36. The summed E-state index contributed by atoms with van der Waals surface area (Å²) in [5, 5.41) is 9.69. The van der Waals surface area contributed by atoms with Gasteiger partial charge in [-0.3, -0.25) is 9.59 Å². The molecule has 0 bridgehead atoms. The molecule has 1 N–H and O–H groups in total. The van der Waals surface area contributed by atoms with Gasteiger partial charge in [-0.25, -0.2) is 4.79 Å². The Morgan fingerprint density at radius 2 is 2.04 bits per heavy atom. The standard InChI is InChI=1S/C18H21BrN2O6/c1-20(18(17(24)25)5-8-26-9-6-18)15(22)4-7-21-13-3-2-12(19)10-14(13)27-11-16(21)23/h2-3,10H,4-9,11H2,1H3,(H,24,25). The lowest BCUT2D eigenvalue weighted by Crippen LogP contribution is -2.58. The highest BCUT2D eigenvalue weighted by molar-refractivity contribution is 9.10. The number of aliphatic carboxylic acids is 1. The van der Waals surface area contributed by atoms with Gasteiger partial charge in [0.1, 0.15) is 11.3 Å². The van der Waals surface area contributed by atoms with E-state index in [-0.39, 0.29) is 44.2 Å². The second kappa shape index (κ2) is 7.85. The van der Waals surface area contributed by atoms with Gasteiger partial charge in [-0.05, 0) is 18.2 Å². The van der Waals surface area contributed by atoms with E-state index >= 15 is 0 Å². The highest BCUT2D eigenvalue weighted by atomic mass is 79.9. The van der Waals surface area contributed by atoms with Gasteiger partial charge in [-0.1, -0.05) is 15.9 Å². The molecule has 2 amide bonds. The lowest BCUT2D eigenvalue weighted by Gasteiger charge is -2.41. The highest BCUT2D eigenvalue weighted by Gasteiger charge is 2.46. The number of hydrogen-bond acceptors (Lipinski definition) is 5. The van der Waals surface area contributed by atoms with Crippen molar-refractivity contribution in [3.8, 4) is 5.75 Å². The third kappa shape index (κ3) is 3.79. The van der Waals surface area contributed by atoms with Crippen molar-refractivity contribution < 1.29 is 29.0 Å². The number of benzene rings is 1. The van der Waals surface area contributed by atoms with Gasteiger partial charge in [-0.2, -0.15) is 0 Å². The summed E-state index contributed by atoms with van der Waals surface area (Å²) in [7, 11) is 1.51. The lowest BCUT2D eigenvalue weighted by atomic mass is 9.88. The summed E-state index contributed by atoms with van der Waals surface area (Å²) in [6, 6.07) is 5.31. The second-order valence-electron chi connectivity index (χ2n) is 6.60. The number of nitrogens with zero attached hydrogens (tertiary/aromatic N) is 2. The van der Waals surface area contributed by atoms with Gasteiger partial charge < -0.3 is 24.4 Å². The molecule has 8 nitrogen and oxygen atoms in total. The molecule has 0 saturated carbocycles. The zero-order valence-corrected chi connectivity index (χ0v) is 16.5. The monoisotopic (exact) mass is 440 g/mol. The number of rotatable bonds is 5. The predicted octanol–water partition coefficient (Wildman–Crippen LogP) is 1.66. The van der Waals surface area contributed by atoms with Crippen LogP contribution >= 0.6 is 15.9 Å². The molecule has 1 aromatic carbocycles. The molecular weight excluding hydrogens is 420 g/mol. The molecule has 0 aromatic heterocycles. The summed E-state index contributed by atoms with van der Waals surface area (Å²) in [4.78, 5) is 39.6. The van der Waals surface area contributed by atoms with Crippen LogP contribution in [0.2, 0.25) is 0 Å². The fourth-order valence-corrected chi connectivity index (χ4v) is 3.78. The number of anilines is 1. The molecule has 1 saturated heterocycles. The number of fused-ring (bicyclic) bond motifs is 1. The Labute approximate surface area is 165 Å². The predicted molar refractivity (Wildman–Crippen MR) is 99.8 cm³/mol. The topological polar surface area (TPSA) is 96.4 Å². The van der Waals surface area contributed by atoms with Gasteiger partial charge in [0.2, 0.25) is 5.91 Å². The minimum absolute atomic E-state index is 0.0215. The molecule has 146 valence electrons. The number of carbonyl (C=O) groups excluding carboxylic acids is 2. The molecular formula is C18H21BrN2O6. The summed E-state index contributed by atoms with van der Waals surface area (Å²) in [6.45, 7) is 0.665. The fourth-order valence-electron chi connectivity index (χ4n) is 3.44. The minimum atomic E-state index is -1.26. The van der Waals surface area contributed by atoms with E-state index in [0.29, 0.717) is 24.7 Å². The van der Waals surface area contributed by atoms with Crippen molar-refractivity contribution in [3.63, 3.8) is 0 Å². The number of ether oxygens (including phenoxy) is 2. The maximum atomic E-state index is 12.7. The van der Waals surface area contributed by atoms with E-state index in [9.17, 15) is 19.5 Å². The Bertz CT molecular complexity index is 762. The first-order valence-electron chi connectivity index (χ1n) is 8.66. The smallest absolute Gasteiger partial charge is 0.329 e. The van der Waals surface area contributed by atoms with Gasteiger partial charge in [0.25, 0.3) is 5.91 Å². The molecule has 2 aliphatic rings. The molecule has 3 rings (SSSR count). The summed E-state index contributed by atoms with van der Waals surface area (Å²) in [6.07, 6.45) is 0.517. The van der Waals surface area contributed by atoms with E-state index in [0.717, 1.165) is 4.47 Å². The normalized spacial score (nSPS) is 18.4. The first-order valence-corrected chi connectivity index (χ1v) is 9.45. The van der Waals surface area contributed by atoms with Crippen LogP contribution in [0.5, 0.6) is 5.75 Å². The number of carboxylic acids is 1. The number of halogens is 1. The molecule has 27 heavy (non-hydrogen) atoms. The molecule has 0 unspecified atom stereocenters. The van der Waals surface area contributed by atoms with Crippen LogP contribution in [0.25, 0.3) is 0 Å². The van der Waals surface area contributed by atoms with Crippen molar-refractivity contribution in [2.45, 2.75) is 24.8 Å².